The standard InChI is InChI=1S/C23H24N2O4/c1-15(2)14-29-19-11-9-18(10-12-19)23(4)21(27)25(22(28)24-23)13-20(26)17-7-5-16(3)6-8-17/h5-12H,1,13-14H2,2-4H3,(H,24,28). The van der Waals surface area contributed by atoms with Gasteiger partial charge in [0.15, 0.2) is 5.78 Å². The maximum absolute atomic E-state index is 13.0. The summed E-state index contributed by atoms with van der Waals surface area (Å²) in [6, 6.07) is 13.4. The first-order chi connectivity index (χ1) is 13.7. The Bertz CT molecular complexity index is 963. The molecule has 1 unspecified atom stereocenters. The fourth-order valence-electron chi connectivity index (χ4n) is 3.10. The molecule has 1 aliphatic rings. The summed E-state index contributed by atoms with van der Waals surface area (Å²) in [4.78, 5) is 38.9. The van der Waals surface area contributed by atoms with E-state index in [9.17, 15) is 14.4 Å². The van der Waals surface area contributed by atoms with E-state index in [4.69, 9.17) is 4.74 Å². The molecular weight excluding hydrogens is 368 g/mol. The van der Waals surface area contributed by atoms with Gasteiger partial charge in [0.1, 0.15) is 17.9 Å². The topological polar surface area (TPSA) is 75.7 Å². The molecule has 0 aromatic heterocycles. The number of nitrogens with zero attached hydrogens (tertiary/aromatic N) is 1. The van der Waals surface area contributed by atoms with E-state index < -0.39 is 17.5 Å². The Kier molecular flexibility index (Phi) is 5.55. The zero-order valence-electron chi connectivity index (χ0n) is 16.8. The van der Waals surface area contributed by atoms with Gasteiger partial charge in [-0.25, -0.2) is 4.79 Å². The van der Waals surface area contributed by atoms with E-state index in [0.29, 0.717) is 23.5 Å². The number of nitrogens with one attached hydrogen (secondary N) is 1. The molecule has 1 heterocycles. The zero-order valence-corrected chi connectivity index (χ0v) is 16.8. The van der Waals surface area contributed by atoms with Gasteiger partial charge in [-0.15, -0.1) is 0 Å². The lowest BCUT2D eigenvalue weighted by Crippen LogP contribution is -2.41. The van der Waals surface area contributed by atoms with Crippen LogP contribution in [0.3, 0.4) is 0 Å². The molecule has 150 valence electrons. The monoisotopic (exact) mass is 392 g/mol. The number of amides is 3. The molecule has 6 nitrogen and oxygen atoms in total. The number of rotatable bonds is 7. The first-order valence-electron chi connectivity index (χ1n) is 9.32. The summed E-state index contributed by atoms with van der Waals surface area (Å²) in [6.07, 6.45) is 0. The summed E-state index contributed by atoms with van der Waals surface area (Å²) in [6.45, 7) is 9.31. The second kappa shape index (κ2) is 7.91. The van der Waals surface area contributed by atoms with Crippen LogP contribution >= 0.6 is 0 Å². The molecule has 3 amide bonds. The van der Waals surface area contributed by atoms with Crippen LogP contribution in [-0.4, -0.2) is 35.8 Å². The molecular formula is C23H24N2O4. The number of imide groups is 1. The van der Waals surface area contributed by atoms with Crippen molar-refractivity contribution >= 4 is 17.7 Å². The van der Waals surface area contributed by atoms with E-state index in [1.165, 1.54) is 0 Å². The summed E-state index contributed by atoms with van der Waals surface area (Å²) < 4.78 is 5.57. The van der Waals surface area contributed by atoms with E-state index in [1.807, 2.05) is 26.0 Å². The van der Waals surface area contributed by atoms with Crippen molar-refractivity contribution in [3.8, 4) is 5.75 Å². The van der Waals surface area contributed by atoms with Gasteiger partial charge >= 0.3 is 6.03 Å². The maximum atomic E-state index is 13.0. The molecule has 3 rings (SSSR count). The Morgan fingerprint density at radius 3 is 2.31 bits per heavy atom. The SMILES string of the molecule is C=C(C)COc1ccc(C2(C)NC(=O)N(CC(=O)c3ccc(C)cc3)C2=O)cc1. The first-order valence-corrected chi connectivity index (χ1v) is 9.32. The second-order valence-electron chi connectivity index (χ2n) is 7.51. The number of hydrogen-bond donors (Lipinski definition) is 1. The van der Waals surface area contributed by atoms with Gasteiger partial charge in [0.2, 0.25) is 0 Å². The highest BCUT2D eigenvalue weighted by molar-refractivity contribution is 6.11. The zero-order chi connectivity index (χ0) is 21.2. The lowest BCUT2D eigenvalue weighted by molar-refractivity contribution is -0.130. The number of hydrogen-bond acceptors (Lipinski definition) is 4. The van der Waals surface area contributed by atoms with Crippen LogP contribution in [0.25, 0.3) is 0 Å². The van der Waals surface area contributed by atoms with Crippen molar-refractivity contribution in [3.63, 3.8) is 0 Å². The lowest BCUT2D eigenvalue weighted by Gasteiger charge is -2.22. The number of benzene rings is 2. The average molecular weight is 392 g/mol. The third kappa shape index (κ3) is 4.21. The van der Waals surface area contributed by atoms with E-state index >= 15 is 0 Å². The van der Waals surface area contributed by atoms with Crippen LogP contribution in [-0.2, 0) is 10.3 Å². The Hall–Kier alpha value is -3.41. The number of urea groups is 1. The van der Waals surface area contributed by atoms with Crippen LogP contribution in [0.15, 0.2) is 60.7 Å². The molecule has 6 heteroatoms. The van der Waals surface area contributed by atoms with E-state index in [2.05, 4.69) is 11.9 Å². The van der Waals surface area contributed by atoms with E-state index in [-0.39, 0.29) is 12.3 Å². The molecule has 29 heavy (non-hydrogen) atoms. The molecule has 1 atom stereocenters. The van der Waals surface area contributed by atoms with Crippen molar-refractivity contribution in [1.82, 2.24) is 10.2 Å². The van der Waals surface area contributed by atoms with E-state index in [0.717, 1.165) is 16.0 Å². The number of Topliss-reactive ketones (excluding diaryl/α,β-unsaturated/α-hetero) is 1. The number of carbonyl (C=O) groups is 3. The van der Waals surface area contributed by atoms with Gasteiger partial charge < -0.3 is 10.1 Å². The molecule has 2 aromatic carbocycles. The van der Waals surface area contributed by atoms with Gasteiger partial charge in [-0.1, -0.05) is 48.5 Å². The Morgan fingerprint density at radius 1 is 1.10 bits per heavy atom. The molecule has 0 spiro atoms. The largest absolute Gasteiger partial charge is 0.489 e. The van der Waals surface area contributed by atoms with Gasteiger partial charge in [-0.3, -0.25) is 14.5 Å². The third-order valence-corrected chi connectivity index (χ3v) is 4.87. The summed E-state index contributed by atoms with van der Waals surface area (Å²) in [5.74, 6) is -0.108. The van der Waals surface area contributed by atoms with Gasteiger partial charge in [-0.2, -0.15) is 0 Å². The van der Waals surface area contributed by atoms with Crippen molar-refractivity contribution in [2.75, 3.05) is 13.2 Å². The smallest absolute Gasteiger partial charge is 0.325 e. The van der Waals surface area contributed by atoms with Crippen molar-refractivity contribution in [3.05, 3.63) is 77.4 Å². The molecule has 1 aliphatic heterocycles. The van der Waals surface area contributed by atoms with E-state index in [1.54, 1.807) is 43.3 Å². The highest BCUT2D eigenvalue weighted by atomic mass is 16.5. The van der Waals surface area contributed by atoms with Crippen LogP contribution in [0.2, 0.25) is 0 Å². The Balaban J connectivity index is 1.75. The number of aryl methyl sites for hydroxylation is 1. The van der Waals surface area contributed by atoms with Gasteiger partial charge in [0.25, 0.3) is 5.91 Å². The number of ether oxygens (including phenoxy) is 1. The highest BCUT2D eigenvalue weighted by Gasteiger charge is 2.49. The molecule has 0 aliphatic carbocycles. The first kappa shape index (κ1) is 20.3. The molecule has 2 aromatic rings. The quantitative estimate of drug-likeness (QED) is 0.444. The predicted octanol–water partition coefficient (Wildman–Crippen LogP) is 3.60. The third-order valence-electron chi connectivity index (χ3n) is 4.87. The number of ketones is 1. The van der Waals surface area contributed by atoms with Crippen molar-refractivity contribution in [2.45, 2.75) is 26.3 Å². The maximum Gasteiger partial charge on any atom is 0.325 e. The van der Waals surface area contributed by atoms with Crippen LogP contribution in [0, 0.1) is 6.92 Å². The van der Waals surface area contributed by atoms with Gasteiger partial charge in [-0.05, 0) is 44.0 Å². The molecule has 0 bridgehead atoms. The van der Waals surface area contributed by atoms with Crippen molar-refractivity contribution in [2.24, 2.45) is 0 Å². The fraction of sp³-hybridized carbons (Fsp3) is 0.261. The minimum atomic E-state index is -1.24. The summed E-state index contributed by atoms with van der Waals surface area (Å²) in [5, 5.41) is 2.71. The second-order valence-corrected chi connectivity index (χ2v) is 7.51. The summed E-state index contributed by atoms with van der Waals surface area (Å²) in [7, 11) is 0. The fourth-order valence-corrected chi connectivity index (χ4v) is 3.10. The Morgan fingerprint density at radius 2 is 1.72 bits per heavy atom. The van der Waals surface area contributed by atoms with Crippen LogP contribution in [0.5, 0.6) is 5.75 Å². The molecule has 0 radical (unpaired) electrons. The normalized spacial score (nSPS) is 18.5. The lowest BCUT2D eigenvalue weighted by atomic mass is 9.92. The van der Waals surface area contributed by atoms with Crippen molar-refractivity contribution in [1.29, 1.82) is 0 Å². The minimum absolute atomic E-state index is 0.290. The molecule has 0 saturated carbocycles. The summed E-state index contributed by atoms with van der Waals surface area (Å²) in [5.41, 5.74) is 1.76. The van der Waals surface area contributed by atoms with Crippen molar-refractivity contribution < 1.29 is 19.1 Å². The minimum Gasteiger partial charge on any atom is -0.489 e. The van der Waals surface area contributed by atoms with Crippen LogP contribution in [0.1, 0.15) is 35.3 Å². The Labute approximate surface area is 170 Å². The molecule has 1 fully saturated rings. The average Bonchev–Trinajstić information content (AvgIpc) is 2.91. The van der Waals surface area contributed by atoms with Gasteiger partial charge in [0.05, 0.1) is 6.54 Å². The van der Waals surface area contributed by atoms with Gasteiger partial charge in [0, 0.05) is 5.56 Å². The highest BCUT2D eigenvalue weighted by Crippen LogP contribution is 2.30. The molecule has 1 saturated heterocycles. The van der Waals surface area contributed by atoms with Crippen LogP contribution in [0.4, 0.5) is 4.79 Å². The summed E-state index contributed by atoms with van der Waals surface area (Å²) >= 11 is 0. The number of carbonyl (C=O) groups excluding carboxylic acids is 3. The van der Waals surface area contributed by atoms with Crippen LogP contribution < -0.4 is 10.1 Å². The predicted molar refractivity (Wildman–Crippen MR) is 110 cm³/mol. The molecule has 1 N–H and O–H groups in total.